The number of carbonyl (C=O) groups is 1. The number of hydrogen-bond acceptors (Lipinski definition) is 3. The van der Waals surface area contributed by atoms with Gasteiger partial charge in [-0.25, -0.2) is 0 Å². The number of carbonyl (C=O) groups excluding carboxylic acids is 1. The molecule has 2 rings (SSSR count). The molecule has 0 saturated carbocycles. The van der Waals surface area contributed by atoms with E-state index in [1.165, 1.54) is 0 Å². The van der Waals surface area contributed by atoms with Crippen molar-refractivity contribution in [3.63, 3.8) is 0 Å². The van der Waals surface area contributed by atoms with Crippen LogP contribution in [0.25, 0.3) is 11.0 Å². The van der Waals surface area contributed by atoms with Gasteiger partial charge in [-0.15, -0.1) is 11.8 Å². The van der Waals surface area contributed by atoms with Crippen LogP contribution in [-0.2, 0) is 0 Å². The van der Waals surface area contributed by atoms with Crippen molar-refractivity contribution in [1.29, 1.82) is 0 Å². The first kappa shape index (κ1) is 12.1. The Morgan fingerprint density at radius 1 is 1.44 bits per heavy atom. The molecule has 4 heteroatoms. The summed E-state index contributed by atoms with van der Waals surface area (Å²) in [7, 11) is 0. The van der Waals surface area contributed by atoms with Crippen LogP contribution in [-0.4, -0.2) is 12.5 Å². The molecular formula is C14H14N2O2. The standard InChI is InChI=1S/C14H14N2O2/c1-2-3-4-7-16-14(17)13-9-10-8-11(15)5-6-12(10)18-13/h5-6,8-9H,4,7,15H2,1H3,(H,16,17). The van der Waals surface area contributed by atoms with Crippen molar-refractivity contribution in [2.24, 2.45) is 0 Å². The fourth-order valence-electron chi connectivity index (χ4n) is 1.62. The van der Waals surface area contributed by atoms with Crippen LogP contribution in [0.2, 0.25) is 0 Å². The molecule has 0 fully saturated rings. The van der Waals surface area contributed by atoms with Gasteiger partial charge in [-0.05, 0) is 31.2 Å². The number of hydrogen-bond donors (Lipinski definition) is 2. The van der Waals surface area contributed by atoms with E-state index in [2.05, 4.69) is 17.2 Å². The van der Waals surface area contributed by atoms with Crippen LogP contribution in [0.15, 0.2) is 28.7 Å². The molecule has 0 spiro atoms. The van der Waals surface area contributed by atoms with E-state index in [0.29, 0.717) is 30.0 Å². The molecule has 1 amide bonds. The summed E-state index contributed by atoms with van der Waals surface area (Å²) in [5.41, 5.74) is 6.97. The molecule has 0 radical (unpaired) electrons. The Balaban J connectivity index is 2.10. The maximum atomic E-state index is 11.8. The van der Waals surface area contributed by atoms with Gasteiger partial charge in [0.05, 0.1) is 0 Å². The lowest BCUT2D eigenvalue weighted by atomic mass is 10.2. The minimum Gasteiger partial charge on any atom is -0.451 e. The Kier molecular flexibility index (Phi) is 3.54. The second-order valence-corrected chi connectivity index (χ2v) is 3.84. The van der Waals surface area contributed by atoms with Crippen LogP contribution in [0.5, 0.6) is 0 Å². The fourth-order valence-corrected chi connectivity index (χ4v) is 1.62. The number of rotatable bonds is 3. The first-order chi connectivity index (χ1) is 8.70. The number of fused-ring (bicyclic) bond motifs is 1. The maximum Gasteiger partial charge on any atom is 0.287 e. The van der Waals surface area contributed by atoms with Gasteiger partial charge in [0.1, 0.15) is 5.58 Å². The van der Waals surface area contributed by atoms with E-state index in [1.54, 1.807) is 31.2 Å². The third-order valence-electron chi connectivity index (χ3n) is 2.48. The summed E-state index contributed by atoms with van der Waals surface area (Å²) in [4.78, 5) is 11.8. The smallest absolute Gasteiger partial charge is 0.287 e. The lowest BCUT2D eigenvalue weighted by molar-refractivity contribution is 0.0929. The minimum atomic E-state index is -0.234. The van der Waals surface area contributed by atoms with Crippen LogP contribution in [0.4, 0.5) is 5.69 Å². The molecule has 1 aromatic heterocycles. The minimum absolute atomic E-state index is 0.234. The van der Waals surface area contributed by atoms with Gasteiger partial charge in [0, 0.05) is 24.0 Å². The van der Waals surface area contributed by atoms with E-state index >= 15 is 0 Å². The number of amides is 1. The molecule has 1 aromatic carbocycles. The van der Waals surface area contributed by atoms with Gasteiger partial charge in [-0.1, -0.05) is 0 Å². The van der Waals surface area contributed by atoms with Crippen molar-refractivity contribution in [1.82, 2.24) is 5.32 Å². The molecule has 1 heterocycles. The van der Waals surface area contributed by atoms with Crippen LogP contribution >= 0.6 is 0 Å². The summed E-state index contributed by atoms with van der Waals surface area (Å²) in [6.45, 7) is 2.28. The van der Waals surface area contributed by atoms with Crippen LogP contribution in [0.1, 0.15) is 23.9 Å². The molecule has 0 atom stereocenters. The number of anilines is 1. The molecule has 0 aliphatic heterocycles. The number of nitrogen functional groups attached to an aromatic ring is 1. The largest absolute Gasteiger partial charge is 0.451 e. The first-order valence-electron chi connectivity index (χ1n) is 5.67. The molecule has 18 heavy (non-hydrogen) atoms. The predicted molar refractivity (Wildman–Crippen MR) is 71.0 cm³/mol. The van der Waals surface area contributed by atoms with Crippen molar-refractivity contribution < 1.29 is 9.21 Å². The Bertz CT molecular complexity index is 632. The van der Waals surface area contributed by atoms with Gasteiger partial charge in [0.2, 0.25) is 0 Å². The lowest BCUT2D eigenvalue weighted by Gasteiger charge is -1.98. The number of benzene rings is 1. The molecule has 4 nitrogen and oxygen atoms in total. The quantitative estimate of drug-likeness (QED) is 0.492. The van der Waals surface area contributed by atoms with Gasteiger partial charge in [0.25, 0.3) is 5.91 Å². The Labute approximate surface area is 105 Å². The molecule has 0 aliphatic carbocycles. The lowest BCUT2D eigenvalue weighted by Crippen LogP contribution is -2.23. The van der Waals surface area contributed by atoms with Gasteiger partial charge >= 0.3 is 0 Å². The molecule has 0 unspecified atom stereocenters. The van der Waals surface area contributed by atoms with Crippen molar-refractivity contribution >= 4 is 22.6 Å². The van der Waals surface area contributed by atoms with Crippen molar-refractivity contribution in [3.05, 3.63) is 30.0 Å². The second kappa shape index (κ2) is 5.28. The van der Waals surface area contributed by atoms with Crippen LogP contribution in [0, 0.1) is 11.8 Å². The zero-order chi connectivity index (χ0) is 13.0. The zero-order valence-electron chi connectivity index (χ0n) is 10.1. The van der Waals surface area contributed by atoms with Gasteiger partial charge in [-0.2, -0.15) is 0 Å². The summed E-state index contributed by atoms with van der Waals surface area (Å²) in [5, 5.41) is 3.57. The number of furan rings is 1. The monoisotopic (exact) mass is 242 g/mol. The highest BCUT2D eigenvalue weighted by Gasteiger charge is 2.11. The molecule has 92 valence electrons. The van der Waals surface area contributed by atoms with E-state index in [9.17, 15) is 4.79 Å². The third kappa shape index (κ3) is 2.64. The number of nitrogens with one attached hydrogen (secondary N) is 1. The average molecular weight is 242 g/mol. The van der Waals surface area contributed by atoms with E-state index in [0.717, 1.165) is 5.39 Å². The highest BCUT2D eigenvalue weighted by molar-refractivity contribution is 5.96. The Morgan fingerprint density at radius 3 is 3.06 bits per heavy atom. The summed E-state index contributed by atoms with van der Waals surface area (Å²) >= 11 is 0. The van der Waals surface area contributed by atoms with Gasteiger partial charge in [0.15, 0.2) is 5.76 Å². The fraction of sp³-hybridized carbons (Fsp3) is 0.214. The predicted octanol–water partition coefficient (Wildman–Crippen LogP) is 2.16. The van der Waals surface area contributed by atoms with E-state index in [4.69, 9.17) is 10.2 Å². The normalized spacial score (nSPS) is 9.83. The second-order valence-electron chi connectivity index (χ2n) is 3.84. The van der Waals surface area contributed by atoms with Gasteiger partial charge < -0.3 is 15.5 Å². The Morgan fingerprint density at radius 2 is 2.28 bits per heavy atom. The molecule has 0 bridgehead atoms. The van der Waals surface area contributed by atoms with Gasteiger partial charge in [-0.3, -0.25) is 4.79 Å². The maximum absolute atomic E-state index is 11.8. The van der Waals surface area contributed by atoms with Crippen molar-refractivity contribution in [2.75, 3.05) is 12.3 Å². The molecule has 3 N–H and O–H groups in total. The molecule has 0 aliphatic rings. The average Bonchev–Trinajstić information content (AvgIpc) is 2.77. The van der Waals surface area contributed by atoms with Crippen molar-refractivity contribution in [3.8, 4) is 11.8 Å². The Hall–Kier alpha value is -2.41. The zero-order valence-corrected chi connectivity index (χ0v) is 10.1. The molecule has 0 saturated heterocycles. The van der Waals surface area contributed by atoms with Crippen LogP contribution in [0.3, 0.4) is 0 Å². The highest BCUT2D eigenvalue weighted by atomic mass is 16.3. The molecular weight excluding hydrogens is 228 g/mol. The van der Waals surface area contributed by atoms with Crippen LogP contribution < -0.4 is 11.1 Å². The van der Waals surface area contributed by atoms with Crippen molar-refractivity contribution in [2.45, 2.75) is 13.3 Å². The summed E-state index contributed by atoms with van der Waals surface area (Å²) in [5.74, 6) is 5.71. The summed E-state index contributed by atoms with van der Waals surface area (Å²) in [6, 6.07) is 6.96. The summed E-state index contributed by atoms with van der Waals surface area (Å²) < 4.78 is 5.44. The first-order valence-corrected chi connectivity index (χ1v) is 5.67. The van der Waals surface area contributed by atoms with E-state index in [1.807, 2.05) is 0 Å². The summed E-state index contributed by atoms with van der Waals surface area (Å²) in [6.07, 6.45) is 0.634. The van der Waals surface area contributed by atoms with E-state index < -0.39 is 0 Å². The SMILES string of the molecule is CC#CCCNC(=O)c1cc2cc(N)ccc2o1. The third-order valence-corrected chi connectivity index (χ3v) is 2.48. The van der Waals surface area contributed by atoms with E-state index in [-0.39, 0.29) is 5.91 Å². The molecule has 2 aromatic rings. The number of nitrogens with two attached hydrogens (primary N) is 1. The topological polar surface area (TPSA) is 68.3 Å². The highest BCUT2D eigenvalue weighted by Crippen LogP contribution is 2.21.